The zero-order valence-electron chi connectivity index (χ0n) is 11.1. The Labute approximate surface area is 120 Å². The van der Waals surface area contributed by atoms with Crippen molar-refractivity contribution in [2.45, 2.75) is 12.8 Å². The highest BCUT2D eigenvalue weighted by Crippen LogP contribution is 2.33. The fourth-order valence-electron chi connectivity index (χ4n) is 1.93. The predicted octanol–water partition coefficient (Wildman–Crippen LogP) is 2.45. The minimum atomic E-state index is -0.404. The van der Waals surface area contributed by atoms with Gasteiger partial charge in [0.25, 0.3) is 5.69 Å². The number of hydrogen-bond acceptors (Lipinski definition) is 6. The maximum absolute atomic E-state index is 10.7. The molecule has 1 aromatic carbocycles. The molecule has 0 saturated heterocycles. The van der Waals surface area contributed by atoms with Crippen LogP contribution in [-0.2, 0) is 6.42 Å². The van der Waals surface area contributed by atoms with Gasteiger partial charge in [0.05, 0.1) is 15.5 Å². The fourth-order valence-corrected chi connectivity index (χ4v) is 2.82. The van der Waals surface area contributed by atoms with Crippen LogP contribution in [0.5, 0.6) is 0 Å². The average Bonchev–Trinajstić information content (AvgIpc) is 2.80. The summed E-state index contributed by atoms with van der Waals surface area (Å²) in [6.45, 7) is 0.914. The topological polar surface area (TPSA) is 94.1 Å². The molecular weight excluding hydrogens is 276 g/mol. The first-order chi connectivity index (χ1) is 9.61. The van der Waals surface area contributed by atoms with Crippen molar-refractivity contribution >= 4 is 22.2 Å². The van der Waals surface area contributed by atoms with E-state index < -0.39 is 4.92 Å². The number of thiazole rings is 1. The molecule has 0 aliphatic heterocycles. The van der Waals surface area contributed by atoms with Gasteiger partial charge in [-0.3, -0.25) is 10.1 Å². The monoisotopic (exact) mass is 292 g/mol. The smallest absolute Gasteiger partial charge is 0.269 e. The van der Waals surface area contributed by atoms with E-state index in [2.05, 4.69) is 10.3 Å². The molecule has 0 bridgehead atoms. The Hall–Kier alpha value is -1.99. The fraction of sp³-hybridized carbons (Fsp3) is 0.308. The number of non-ortho nitro benzene ring substituents is 1. The van der Waals surface area contributed by atoms with Crippen LogP contribution in [0.3, 0.4) is 0 Å². The number of aryl methyl sites for hydroxylation is 1. The third-order valence-electron chi connectivity index (χ3n) is 2.89. The largest absolute Gasteiger partial charge is 0.375 e. The predicted molar refractivity (Wildman–Crippen MR) is 80.9 cm³/mol. The highest BCUT2D eigenvalue weighted by atomic mass is 32.1. The van der Waals surface area contributed by atoms with E-state index in [1.165, 1.54) is 23.5 Å². The molecule has 1 aromatic heterocycles. The summed E-state index contributed by atoms with van der Waals surface area (Å²) in [5.74, 6) is 0. The van der Waals surface area contributed by atoms with E-state index in [-0.39, 0.29) is 5.69 Å². The summed E-state index contributed by atoms with van der Waals surface area (Å²) >= 11 is 1.42. The van der Waals surface area contributed by atoms with Crippen molar-refractivity contribution in [3.8, 4) is 10.4 Å². The van der Waals surface area contributed by atoms with Crippen LogP contribution in [0, 0.1) is 10.1 Å². The second-order valence-electron chi connectivity index (χ2n) is 4.34. The van der Waals surface area contributed by atoms with E-state index in [0.29, 0.717) is 5.13 Å². The van der Waals surface area contributed by atoms with Crippen LogP contribution >= 0.6 is 11.3 Å². The van der Waals surface area contributed by atoms with Crippen molar-refractivity contribution in [3.63, 3.8) is 0 Å². The Balaban J connectivity index is 2.24. The van der Waals surface area contributed by atoms with E-state index in [4.69, 9.17) is 5.73 Å². The highest BCUT2D eigenvalue weighted by molar-refractivity contribution is 7.18. The molecule has 7 heteroatoms. The molecular formula is C13H16N4O2S. The van der Waals surface area contributed by atoms with Crippen LogP contribution in [0.2, 0.25) is 0 Å². The molecule has 0 unspecified atom stereocenters. The molecule has 6 nitrogen and oxygen atoms in total. The standard InChI is InChI=1S/C13H16N4O2S/c1-15-8-2-3-11-12(20-13(14)16-11)9-4-6-10(7-5-9)17(18)19/h4-7,15H,2-3,8H2,1H3,(H2,14,16). The number of anilines is 1. The first-order valence-corrected chi connectivity index (χ1v) is 7.08. The molecule has 3 N–H and O–H groups in total. The molecule has 0 fully saturated rings. The SMILES string of the molecule is CNCCCc1nc(N)sc1-c1ccc([N+](=O)[O-])cc1. The van der Waals surface area contributed by atoms with Crippen LogP contribution in [0.4, 0.5) is 10.8 Å². The summed E-state index contributed by atoms with van der Waals surface area (Å²) in [4.78, 5) is 15.6. The molecule has 0 amide bonds. The lowest BCUT2D eigenvalue weighted by atomic mass is 10.1. The second kappa shape index (κ2) is 6.44. The third kappa shape index (κ3) is 3.31. The normalized spacial score (nSPS) is 10.7. The quantitative estimate of drug-likeness (QED) is 0.484. The number of nitrogens with two attached hydrogens (primary N) is 1. The van der Waals surface area contributed by atoms with Crippen molar-refractivity contribution < 1.29 is 4.92 Å². The number of hydrogen-bond donors (Lipinski definition) is 2. The number of benzene rings is 1. The number of nitrogen functional groups attached to an aromatic ring is 1. The Morgan fingerprint density at radius 1 is 1.40 bits per heavy atom. The van der Waals surface area contributed by atoms with E-state index in [0.717, 1.165) is 35.5 Å². The second-order valence-corrected chi connectivity index (χ2v) is 5.37. The summed E-state index contributed by atoms with van der Waals surface area (Å²) in [5.41, 5.74) is 7.74. The minimum absolute atomic E-state index is 0.0861. The summed E-state index contributed by atoms with van der Waals surface area (Å²) in [6.07, 6.45) is 1.81. The van der Waals surface area contributed by atoms with Crippen LogP contribution in [0.1, 0.15) is 12.1 Å². The lowest BCUT2D eigenvalue weighted by molar-refractivity contribution is -0.384. The van der Waals surface area contributed by atoms with E-state index in [1.807, 2.05) is 7.05 Å². The summed E-state index contributed by atoms with van der Waals surface area (Å²) in [6, 6.07) is 6.49. The Morgan fingerprint density at radius 2 is 2.10 bits per heavy atom. The minimum Gasteiger partial charge on any atom is -0.375 e. The Morgan fingerprint density at radius 3 is 2.70 bits per heavy atom. The number of nitrogens with zero attached hydrogens (tertiary/aromatic N) is 2. The van der Waals surface area contributed by atoms with Crippen molar-refractivity contribution in [2.75, 3.05) is 19.3 Å². The van der Waals surface area contributed by atoms with Gasteiger partial charge in [0.1, 0.15) is 0 Å². The Bertz CT molecular complexity index is 595. The Kier molecular flexibility index (Phi) is 4.65. The van der Waals surface area contributed by atoms with Crippen LogP contribution in [-0.4, -0.2) is 23.5 Å². The van der Waals surface area contributed by atoms with Gasteiger partial charge in [0.15, 0.2) is 5.13 Å². The molecule has 0 saturated carbocycles. The van der Waals surface area contributed by atoms with Crippen molar-refractivity contribution in [3.05, 3.63) is 40.1 Å². The molecule has 0 atom stereocenters. The van der Waals surface area contributed by atoms with Crippen LogP contribution in [0.15, 0.2) is 24.3 Å². The van der Waals surface area contributed by atoms with E-state index in [9.17, 15) is 10.1 Å². The van der Waals surface area contributed by atoms with Gasteiger partial charge in [-0.1, -0.05) is 11.3 Å². The van der Waals surface area contributed by atoms with Crippen molar-refractivity contribution in [1.82, 2.24) is 10.3 Å². The van der Waals surface area contributed by atoms with E-state index >= 15 is 0 Å². The van der Waals surface area contributed by atoms with Gasteiger partial charge in [-0.15, -0.1) is 0 Å². The number of nitro groups is 1. The molecule has 2 aromatic rings. The van der Waals surface area contributed by atoms with Gasteiger partial charge in [-0.05, 0) is 44.1 Å². The third-order valence-corrected chi connectivity index (χ3v) is 3.87. The number of nitro benzene ring substituents is 1. The van der Waals surface area contributed by atoms with Gasteiger partial charge in [0, 0.05) is 12.1 Å². The van der Waals surface area contributed by atoms with Crippen molar-refractivity contribution in [1.29, 1.82) is 0 Å². The van der Waals surface area contributed by atoms with Gasteiger partial charge in [0.2, 0.25) is 0 Å². The molecule has 0 aliphatic rings. The lowest BCUT2D eigenvalue weighted by Crippen LogP contribution is -2.08. The molecule has 106 valence electrons. The van der Waals surface area contributed by atoms with Gasteiger partial charge in [-0.25, -0.2) is 4.98 Å². The van der Waals surface area contributed by atoms with Gasteiger partial charge >= 0.3 is 0 Å². The molecule has 0 radical (unpaired) electrons. The average molecular weight is 292 g/mol. The molecule has 2 rings (SSSR count). The van der Waals surface area contributed by atoms with Crippen LogP contribution in [0.25, 0.3) is 10.4 Å². The highest BCUT2D eigenvalue weighted by Gasteiger charge is 2.13. The molecule has 20 heavy (non-hydrogen) atoms. The zero-order chi connectivity index (χ0) is 14.5. The van der Waals surface area contributed by atoms with Gasteiger partial charge < -0.3 is 11.1 Å². The van der Waals surface area contributed by atoms with Crippen molar-refractivity contribution in [2.24, 2.45) is 0 Å². The zero-order valence-corrected chi connectivity index (χ0v) is 11.9. The first-order valence-electron chi connectivity index (χ1n) is 6.26. The van der Waals surface area contributed by atoms with E-state index in [1.54, 1.807) is 12.1 Å². The maximum Gasteiger partial charge on any atom is 0.269 e. The summed E-state index contributed by atoms with van der Waals surface area (Å²) in [5, 5.41) is 14.3. The maximum atomic E-state index is 10.7. The summed E-state index contributed by atoms with van der Waals surface area (Å²) in [7, 11) is 1.91. The number of nitrogens with one attached hydrogen (secondary N) is 1. The molecule has 0 spiro atoms. The number of rotatable bonds is 6. The summed E-state index contributed by atoms with van der Waals surface area (Å²) < 4.78 is 0. The molecule has 1 heterocycles. The first kappa shape index (κ1) is 14.4. The lowest BCUT2D eigenvalue weighted by Gasteiger charge is -2.02. The molecule has 0 aliphatic carbocycles. The van der Waals surface area contributed by atoms with Gasteiger partial charge in [-0.2, -0.15) is 0 Å². The van der Waals surface area contributed by atoms with Crippen LogP contribution < -0.4 is 11.1 Å². The number of aromatic nitrogens is 1.